The van der Waals surface area contributed by atoms with Gasteiger partial charge in [0.05, 0.1) is 12.0 Å². The first-order valence-electron chi connectivity index (χ1n) is 9.09. The smallest absolute Gasteiger partial charge is 0.237 e. The average molecular weight is 395 g/mol. The van der Waals surface area contributed by atoms with Gasteiger partial charge in [-0.3, -0.25) is 4.57 Å². The molecule has 3 heterocycles. The van der Waals surface area contributed by atoms with Crippen LogP contribution < -0.4 is 0 Å². The van der Waals surface area contributed by atoms with Gasteiger partial charge in [-0.1, -0.05) is 60.6 Å². The minimum absolute atomic E-state index is 0.445. The van der Waals surface area contributed by atoms with Crippen LogP contribution in [0.15, 0.2) is 56.8 Å². The quantitative estimate of drug-likeness (QED) is 0.414. The first kappa shape index (κ1) is 18.5. The molecule has 0 aliphatic heterocycles. The van der Waals surface area contributed by atoms with E-state index in [4.69, 9.17) is 8.94 Å². The van der Waals surface area contributed by atoms with Crippen molar-refractivity contribution in [3.8, 4) is 23.0 Å². The molecule has 0 bridgehead atoms. The van der Waals surface area contributed by atoms with Crippen LogP contribution in [0.2, 0.25) is 0 Å². The minimum Gasteiger partial charge on any atom is -0.461 e. The summed E-state index contributed by atoms with van der Waals surface area (Å²) < 4.78 is 13.0. The molecule has 0 atom stereocenters. The van der Waals surface area contributed by atoms with Crippen molar-refractivity contribution in [2.24, 2.45) is 5.92 Å². The van der Waals surface area contributed by atoms with Crippen molar-refractivity contribution in [2.45, 2.75) is 38.2 Å². The zero-order valence-electron chi connectivity index (χ0n) is 16.0. The van der Waals surface area contributed by atoms with Gasteiger partial charge in [0.25, 0.3) is 0 Å². The van der Waals surface area contributed by atoms with Gasteiger partial charge in [0.15, 0.2) is 16.7 Å². The van der Waals surface area contributed by atoms with Crippen molar-refractivity contribution in [3.63, 3.8) is 0 Å². The predicted molar refractivity (Wildman–Crippen MR) is 107 cm³/mol. The molecular weight excluding hydrogens is 374 g/mol. The highest BCUT2D eigenvalue weighted by atomic mass is 32.2. The Morgan fingerprint density at radius 3 is 2.64 bits per heavy atom. The summed E-state index contributed by atoms with van der Waals surface area (Å²) in [6, 6.07) is 11.8. The predicted octanol–water partition coefficient (Wildman–Crippen LogP) is 4.84. The molecule has 7 nitrogen and oxygen atoms in total. The number of hydrogen-bond donors (Lipinski definition) is 0. The molecule has 0 fully saturated rings. The van der Waals surface area contributed by atoms with E-state index in [2.05, 4.69) is 38.8 Å². The molecular formula is C20H21N5O2S. The van der Waals surface area contributed by atoms with Crippen LogP contribution in [0, 0.1) is 12.8 Å². The van der Waals surface area contributed by atoms with E-state index in [1.54, 1.807) is 6.26 Å². The zero-order chi connectivity index (χ0) is 19.5. The van der Waals surface area contributed by atoms with E-state index in [-0.39, 0.29) is 0 Å². The number of rotatable bonds is 7. The molecule has 3 aromatic heterocycles. The molecule has 28 heavy (non-hydrogen) atoms. The molecule has 4 rings (SSSR count). The summed E-state index contributed by atoms with van der Waals surface area (Å²) in [6.45, 7) is 7.16. The van der Waals surface area contributed by atoms with Crippen molar-refractivity contribution < 1.29 is 8.94 Å². The molecule has 8 heteroatoms. The van der Waals surface area contributed by atoms with E-state index in [0.717, 1.165) is 23.1 Å². The topological polar surface area (TPSA) is 82.8 Å². The van der Waals surface area contributed by atoms with Crippen LogP contribution in [0.5, 0.6) is 0 Å². The number of furan rings is 1. The maximum Gasteiger partial charge on any atom is 0.237 e. The normalized spacial score (nSPS) is 11.4. The Kier molecular flexibility index (Phi) is 5.29. The van der Waals surface area contributed by atoms with Gasteiger partial charge in [0.1, 0.15) is 0 Å². The number of benzene rings is 1. The van der Waals surface area contributed by atoms with Crippen molar-refractivity contribution >= 4 is 11.8 Å². The van der Waals surface area contributed by atoms with E-state index in [1.165, 1.54) is 17.3 Å². The van der Waals surface area contributed by atoms with E-state index < -0.39 is 0 Å². The van der Waals surface area contributed by atoms with Crippen LogP contribution in [0.4, 0.5) is 0 Å². The third-order valence-electron chi connectivity index (χ3n) is 4.11. The van der Waals surface area contributed by atoms with Gasteiger partial charge in [-0.15, -0.1) is 10.2 Å². The summed E-state index contributed by atoms with van der Waals surface area (Å²) in [6.07, 6.45) is 1.64. The van der Waals surface area contributed by atoms with Crippen LogP contribution in [-0.2, 0) is 12.3 Å². The van der Waals surface area contributed by atoms with Crippen LogP contribution in [-0.4, -0.2) is 24.9 Å². The molecule has 0 aliphatic carbocycles. The lowest BCUT2D eigenvalue weighted by atomic mass is 10.1. The Bertz CT molecular complexity index is 1040. The maximum atomic E-state index is 5.51. The Balaban J connectivity index is 1.51. The molecule has 0 unspecified atom stereocenters. The first-order valence-corrected chi connectivity index (χ1v) is 10.1. The van der Waals surface area contributed by atoms with Crippen LogP contribution >= 0.6 is 11.8 Å². The second kappa shape index (κ2) is 8.02. The third kappa shape index (κ3) is 4.01. The standard InChI is InChI=1S/C20H21N5O2S/c1-13(2)11-25-19(16-5-4-10-26-16)22-23-20(25)28-12-17-21-18(24-27-17)15-8-6-14(3)7-9-15/h4-10,13H,11-12H2,1-3H3. The summed E-state index contributed by atoms with van der Waals surface area (Å²) in [7, 11) is 0. The van der Waals surface area contributed by atoms with E-state index in [1.807, 2.05) is 43.3 Å². The van der Waals surface area contributed by atoms with Gasteiger partial charge in [0.2, 0.25) is 11.7 Å². The van der Waals surface area contributed by atoms with Gasteiger partial charge >= 0.3 is 0 Å². The van der Waals surface area contributed by atoms with E-state index in [0.29, 0.717) is 29.1 Å². The lowest BCUT2D eigenvalue weighted by Gasteiger charge is -2.10. The fourth-order valence-corrected chi connectivity index (χ4v) is 3.56. The molecule has 0 radical (unpaired) electrons. The molecule has 0 spiro atoms. The highest BCUT2D eigenvalue weighted by Crippen LogP contribution is 2.28. The summed E-state index contributed by atoms with van der Waals surface area (Å²) in [5.41, 5.74) is 2.13. The number of thioether (sulfide) groups is 1. The SMILES string of the molecule is Cc1ccc(-c2noc(CSc3nnc(-c4ccco4)n3CC(C)C)n2)cc1. The van der Waals surface area contributed by atoms with Crippen molar-refractivity contribution in [2.75, 3.05) is 0 Å². The fraction of sp³-hybridized carbons (Fsp3) is 0.300. The van der Waals surface area contributed by atoms with Gasteiger partial charge in [0, 0.05) is 12.1 Å². The van der Waals surface area contributed by atoms with Crippen molar-refractivity contribution in [1.29, 1.82) is 0 Å². The van der Waals surface area contributed by atoms with Crippen LogP contribution in [0.25, 0.3) is 23.0 Å². The van der Waals surface area contributed by atoms with Gasteiger partial charge < -0.3 is 8.94 Å². The number of aryl methyl sites for hydroxylation is 1. The zero-order valence-corrected chi connectivity index (χ0v) is 16.8. The fourth-order valence-electron chi connectivity index (χ4n) is 2.77. The monoisotopic (exact) mass is 395 g/mol. The number of nitrogens with zero attached hydrogens (tertiary/aromatic N) is 5. The molecule has 0 saturated carbocycles. The summed E-state index contributed by atoms with van der Waals surface area (Å²) in [4.78, 5) is 4.50. The summed E-state index contributed by atoms with van der Waals surface area (Å²) in [5.74, 6) is 3.55. The maximum absolute atomic E-state index is 5.51. The molecule has 0 saturated heterocycles. The molecule has 0 aliphatic rings. The molecule has 1 aromatic carbocycles. The number of aromatic nitrogens is 5. The minimum atomic E-state index is 0.445. The highest BCUT2D eigenvalue weighted by Gasteiger charge is 2.18. The lowest BCUT2D eigenvalue weighted by molar-refractivity contribution is 0.391. The van der Waals surface area contributed by atoms with Crippen molar-refractivity contribution in [1.82, 2.24) is 24.9 Å². The van der Waals surface area contributed by atoms with E-state index >= 15 is 0 Å². The Morgan fingerprint density at radius 2 is 1.93 bits per heavy atom. The highest BCUT2D eigenvalue weighted by molar-refractivity contribution is 7.98. The molecule has 144 valence electrons. The average Bonchev–Trinajstić information content (AvgIpc) is 3.41. The summed E-state index contributed by atoms with van der Waals surface area (Å²) >= 11 is 1.52. The molecule has 0 amide bonds. The summed E-state index contributed by atoms with van der Waals surface area (Å²) in [5, 5.41) is 13.5. The Labute approximate surface area is 167 Å². The Hall–Kier alpha value is -2.87. The number of hydrogen-bond acceptors (Lipinski definition) is 7. The van der Waals surface area contributed by atoms with Gasteiger partial charge in [-0.05, 0) is 25.0 Å². The largest absolute Gasteiger partial charge is 0.461 e. The van der Waals surface area contributed by atoms with Gasteiger partial charge in [-0.25, -0.2) is 0 Å². The van der Waals surface area contributed by atoms with Crippen LogP contribution in [0.3, 0.4) is 0 Å². The first-order chi connectivity index (χ1) is 13.6. The van der Waals surface area contributed by atoms with E-state index in [9.17, 15) is 0 Å². The molecule has 4 aromatic rings. The van der Waals surface area contributed by atoms with Crippen LogP contribution in [0.1, 0.15) is 25.3 Å². The second-order valence-corrected chi connectivity index (χ2v) is 7.90. The molecule has 0 N–H and O–H groups in total. The van der Waals surface area contributed by atoms with Crippen molar-refractivity contribution in [3.05, 3.63) is 54.1 Å². The second-order valence-electron chi connectivity index (χ2n) is 6.95. The van der Waals surface area contributed by atoms with Gasteiger partial charge in [-0.2, -0.15) is 4.98 Å². The Morgan fingerprint density at radius 1 is 1.11 bits per heavy atom. The lowest BCUT2D eigenvalue weighted by Crippen LogP contribution is -2.07. The third-order valence-corrected chi connectivity index (χ3v) is 5.06.